The summed E-state index contributed by atoms with van der Waals surface area (Å²) in [5.41, 5.74) is 3.07. The van der Waals surface area contributed by atoms with E-state index >= 15 is 0 Å². The second-order valence-corrected chi connectivity index (χ2v) is 3.44. The number of aryl methyl sites for hydroxylation is 1. The third-order valence-corrected chi connectivity index (χ3v) is 2.20. The smallest absolute Gasteiger partial charge is 0.119 e. The first-order valence-electron chi connectivity index (χ1n) is 4.24. The summed E-state index contributed by atoms with van der Waals surface area (Å²) in [6.07, 6.45) is 3.57. The van der Waals surface area contributed by atoms with Gasteiger partial charge in [-0.3, -0.25) is 10.1 Å². The number of pyridine rings is 1. The fourth-order valence-corrected chi connectivity index (χ4v) is 1.37. The number of nitrogens with one attached hydrogen (secondary N) is 1. The average Bonchev–Trinajstić information content (AvgIpc) is 2.20. The van der Waals surface area contributed by atoms with E-state index in [1.807, 2.05) is 31.3 Å². The Kier molecular flexibility index (Phi) is 2.37. The summed E-state index contributed by atoms with van der Waals surface area (Å²) in [6.45, 7) is 2.01. The minimum absolute atomic E-state index is 0.639. The quantitative estimate of drug-likeness (QED) is 0.724. The van der Waals surface area contributed by atoms with Gasteiger partial charge in [0.15, 0.2) is 0 Å². The highest BCUT2D eigenvalue weighted by molar-refractivity contribution is 7.71. The van der Waals surface area contributed by atoms with Gasteiger partial charge in [-0.1, -0.05) is 12.2 Å². The van der Waals surface area contributed by atoms with E-state index < -0.39 is 0 Å². The number of rotatable bonds is 1. The molecule has 0 aliphatic carbocycles. The number of hydrogen-bond donors (Lipinski definition) is 1. The Hall–Kier alpha value is -1.55. The van der Waals surface area contributed by atoms with Gasteiger partial charge in [0.25, 0.3) is 0 Å². The van der Waals surface area contributed by atoms with Gasteiger partial charge in [-0.2, -0.15) is 5.10 Å². The fraction of sp³-hybridized carbons (Fsp3) is 0.100. The molecule has 0 radical (unpaired) electrons. The molecule has 0 aromatic carbocycles. The van der Waals surface area contributed by atoms with Gasteiger partial charge in [-0.15, -0.1) is 0 Å². The van der Waals surface area contributed by atoms with Crippen LogP contribution < -0.4 is 0 Å². The monoisotopic (exact) mass is 203 g/mol. The number of aromatic amines is 1. The molecule has 0 bridgehead atoms. The van der Waals surface area contributed by atoms with Crippen LogP contribution in [0.4, 0.5) is 0 Å². The molecule has 0 aliphatic rings. The van der Waals surface area contributed by atoms with E-state index in [9.17, 15) is 0 Å². The van der Waals surface area contributed by atoms with Crippen molar-refractivity contribution in [3.63, 3.8) is 0 Å². The van der Waals surface area contributed by atoms with Crippen molar-refractivity contribution in [2.24, 2.45) is 0 Å². The number of aromatic nitrogens is 3. The first-order chi connectivity index (χ1) is 6.77. The van der Waals surface area contributed by atoms with E-state index in [4.69, 9.17) is 12.2 Å². The van der Waals surface area contributed by atoms with Crippen LogP contribution in [0.15, 0.2) is 30.6 Å². The zero-order valence-corrected chi connectivity index (χ0v) is 8.51. The number of H-pyrrole nitrogens is 1. The molecule has 2 aromatic heterocycles. The molecule has 0 amide bonds. The van der Waals surface area contributed by atoms with E-state index in [1.165, 1.54) is 0 Å². The Balaban J connectivity index is 2.55. The first-order valence-corrected chi connectivity index (χ1v) is 4.65. The molecule has 4 heteroatoms. The highest BCUT2D eigenvalue weighted by Gasteiger charge is 2.01. The van der Waals surface area contributed by atoms with Crippen LogP contribution in [-0.4, -0.2) is 15.2 Å². The van der Waals surface area contributed by atoms with Gasteiger partial charge in [0.05, 0.1) is 5.69 Å². The van der Waals surface area contributed by atoms with Crippen molar-refractivity contribution in [3.8, 4) is 11.3 Å². The lowest BCUT2D eigenvalue weighted by atomic mass is 10.1. The van der Waals surface area contributed by atoms with Gasteiger partial charge in [-0.05, 0) is 30.7 Å². The predicted molar refractivity (Wildman–Crippen MR) is 57.4 cm³/mol. The summed E-state index contributed by atoms with van der Waals surface area (Å²) >= 11 is 4.92. The highest BCUT2D eigenvalue weighted by atomic mass is 32.1. The van der Waals surface area contributed by atoms with E-state index in [0.717, 1.165) is 16.8 Å². The van der Waals surface area contributed by atoms with Gasteiger partial charge in [0, 0.05) is 18.0 Å². The molecule has 0 saturated carbocycles. The summed E-state index contributed by atoms with van der Waals surface area (Å²) in [6, 6.07) is 5.67. The molecule has 2 rings (SSSR count). The second-order valence-electron chi connectivity index (χ2n) is 3.00. The summed E-state index contributed by atoms with van der Waals surface area (Å²) < 4.78 is 0.639. The molecule has 2 aromatic rings. The van der Waals surface area contributed by atoms with Crippen LogP contribution in [0.5, 0.6) is 0 Å². The molecule has 1 N–H and O–H groups in total. The van der Waals surface area contributed by atoms with E-state index in [0.29, 0.717) is 4.64 Å². The van der Waals surface area contributed by atoms with Gasteiger partial charge >= 0.3 is 0 Å². The molecular weight excluding hydrogens is 194 g/mol. The van der Waals surface area contributed by atoms with Crippen molar-refractivity contribution in [1.82, 2.24) is 15.2 Å². The average molecular weight is 203 g/mol. The molecule has 2 heterocycles. The summed E-state index contributed by atoms with van der Waals surface area (Å²) in [5.74, 6) is 0. The predicted octanol–water partition coefficient (Wildman–Crippen LogP) is 2.51. The Bertz CT molecular complexity index is 484. The minimum atomic E-state index is 0.639. The molecule has 0 saturated heterocycles. The first kappa shape index (κ1) is 9.02. The lowest BCUT2D eigenvalue weighted by molar-refractivity contribution is 1.02. The molecule has 0 spiro atoms. The third-order valence-electron chi connectivity index (χ3n) is 1.98. The van der Waals surface area contributed by atoms with Crippen molar-refractivity contribution >= 4 is 12.2 Å². The van der Waals surface area contributed by atoms with Crippen LogP contribution in [0.2, 0.25) is 0 Å². The maximum atomic E-state index is 4.92. The molecule has 0 aliphatic heterocycles. The molecule has 0 atom stereocenters. The van der Waals surface area contributed by atoms with Crippen molar-refractivity contribution < 1.29 is 0 Å². The SMILES string of the molecule is Cc1cnccc1-c1ccc(=S)[nH]n1. The Morgan fingerprint density at radius 3 is 2.79 bits per heavy atom. The maximum absolute atomic E-state index is 4.92. The molecule has 70 valence electrons. The Labute approximate surface area is 86.8 Å². The minimum Gasteiger partial charge on any atom is -0.267 e. The summed E-state index contributed by atoms with van der Waals surface area (Å²) in [4.78, 5) is 4.03. The standard InChI is InChI=1S/C10H9N3S/c1-7-6-11-5-4-8(7)9-2-3-10(14)13-12-9/h2-6H,1H3,(H,13,14). The Morgan fingerprint density at radius 2 is 2.14 bits per heavy atom. The van der Waals surface area contributed by atoms with Crippen molar-refractivity contribution in [1.29, 1.82) is 0 Å². The van der Waals surface area contributed by atoms with Gasteiger partial charge in [0.1, 0.15) is 4.64 Å². The van der Waals surface area contributed by atoms with E-state index in [-0.39, 0.29) is 0 Å². The van der Waals surface area contributed by atoms with Crippen molar-refractivity contribution in [2.45, 2.75) is 6.92 Å². The normalized spacial score (nSPS) is 10.1. The summed E-state index contributed by atoms with van der Waals surface area (Å²) in [7, 11) is 0. The van der Waals surface area contributed by atoms with Crippen molar-refractivity contribution in [3.05, 3.63) is 40.8 Å². The topological polar surface area (TPSA) is 41.6 Å². The zero-order chi connectivity index (χ0) is 9.97. The third kappa shape index (κ3) is 1.70. The molecule has 14 heavy (non-hydrogen) atoms. The van der Waals surface area contributed by atoms with Crippen LogP contribution in [0.3, 0.4) is 0 Å². The number of nitrogens with zero attached hydrogens (tertiary/aromatic N) is 2. The van der Waals surface area contributed by atoms with Gasteiger partial charge in [-0.25, -0.2) is 0 Å². The zero-order valence-electron chi connectivity index (χ0n) is 7.69. The van der Waals surface area contributed by atoms with Gasteiger partial charge < -0.3 is 0 Å². The van der Waals surface area contributed by atoms with Gasteiger partial charge in [0.2, 0.25) is 0 Å². The molecular formula is C10H9N3S. The second kappa shape index (κ2) is 3.67. The molecule has 3 nitrogen and oxygen atoms in total. The molecule has 0 fully saturated rings. The van der Waals surface area contributed by atoms with E-state index in [1.54, 1.807) is 6.20 Å². The highest BCUT2D eigenvalue weighted by Crippen LogP contribution is 2.18. The van der Waals surface area contributed by atoms with Crippen LogP contribution in [-0.2, 0) is 0 Å². The summed E-state index contributed by atoms with van der Waals surface area (Å²) in [5, 5.41) is 6.92. The van der Waals surface area contributed by atoms with Crippen molar-refractivity contribution in [2.75, 3.05) is 0 Å². The van der Waals surface area contributed by atoms with Crippen LogP contribution in [0.25, 0.3) is 11.3 Å². The van der Waals surface area contributed by atoms with Crippen LogP contribution in [0, 0.1) is 11.6 Å². The van der Waals surface area contributed by atoms with Crippen LogP contribution in [0.1, 0.15) is 5.56 Å². The fourth-order valence-electron chi connectivity index (χ4n) is 1.26. The number of hydrogen-bond acceptors (Lipinski definition) is 3. The maximum Gasteiger partial charge on any atom is 0.119 e. The lowest BCUT2D eigenvalue weighted by Gasteiger charge is -2.02. The largest absolute Gasteiger partial charge is 0.267 e. The Morgan fingerprint density at radius 1 is 1.29 bits per heavy atom. The van der Waals surface area contributed by atoms with E-state index in [2.05, 4.69) is 15.2 Å². The molecule has 0 unspecified atom stereocenters. The lowest BCUT2D eigenvalue weighted by Crippen LogP contribution is -1.90. The van der Waals surface area contributed by atoms with Crippen LogP contribution >= 0.6 is 12.2 Å².